The maximum absolute atomic E-state index is 15.0. The topological polar surface area (TPSA) is 206 Å². The number of sulfonamides is 1. The Bertz CT molecular complexity index is 2430. The van der Waals surface area contributed by atoms with Crippen LogP contribution in [0.2, 0.25) is 0 Å². The lowest BCUT2D eigenvalue weighted by atomic mass is 9.85. The van der Waals surface area contributed by atoms with Crippen LogP contribution in [0.15, 0.2) is 30.9 Å². The van der Waals surface area contributed by atoms with E-state index in [4.69, 9.17) is 19.2 Å². The molecule has 1 aromatic carbocycles. The van der Waals surface area contributed by atoms with Crippen LogP contribution in [0.4, 0.5) is 4.79 Å². The lowest BCUT2D eigenvalue weighted by Crippen LogP contribution is -2.60. The Balaban J connectivity index is 1.14. The van der Waals surface area contributed by atoms with E-state index >= 15 is 0 Å². The van der Waals surface area contributed by atoms with Gasteiger partial charge in [-0.3, -0.25) is 28.8 Å². The first-order valence-corrected chi connectivity index (χ1v) is 26.1. The fourth-order valence-electron chi connectivity index (χ4n) is 9.88. The molecule has 2 saturated heterocycles. The molecule has 5 fully saturated rings. The van der Waals surface area contributed by atoms with Crippen LogP contribution < -0.4 is 24.8 Å². The van der Waals surface area contributed by atoms with Gasteiger partial charge in [0, 0.05) is 44.4 Å². The molecule has 5 amide bonds. The van der Waals surface area contributed by atoms with E-state index in [0.717, 1.165) is 55.2 Å². The van der Waals surface area contributed by atoms with Gasteiger partial charge in [0.15, 0.2) is 0 Å². The minimum absolute atomic E-state index is 0.000582. The molecule has 0 unspecified atom stereocenters. The molecule has 68 heavy (non-hydrogen) atoms. The number of carbonyl (C=O) groups excluding carboxylic acids is 5. The number of amides is 5. The van der Waals surface area contributed by atoms with Crippen LogP contribution in [-0.2, 0) is 40.4 Å². The first-order valence-electron chi connectivity index (χ1n) is 24.6. The smallest absolute Gasteiger partial charge is 0.408 e. The van der Waals surface area contributed by atoms with Crippen LogP contribution in [-0.4, -0.2) is 139 Å². The number of hydrogen-bond donors (Lipinski definition) is 3. The van der Waals surface area contributed by atoms with Gasteiger partial charge in [0.2, 0.25) is 33.6 Å². The first kappa shape index (κ1) is 49.5. The molecule has 6 aliphatic rings. The number of nitrogens with one attached hydrogen (secondary N) is 3. The molecule has 8 rings (SSSR count). The van der Waals surface area contributed by atoms with Gasteiger partial charge in [-0.2, -0.15) is 0 Å². The Morgan fingerprint density at radius 1 is 1.09 bits per heavy atom. The maximum atomic E-state index is 15.0. The Hall–Kier alpha value is -4.97. The quantitative estimate of drug-likeness (QED) is 0.191. The minimum atomic E-state index is -4.04. The van der Waals surface area contributed by atoms with Gasteiger partial charge in [0.25, 0.3) is 5.91 Å². The normalized spacial score (nSPS) is 28.8. The van der Waals surface area contributed by atoms with E-state index in [9.17, 15) is 32.4 Å². The summed E-state index contributed by atoms with van der Waals surface area (Å²) in [6.07, 6.45) is 6.25. The van der Waals surface area contributed by atoms with Crippen molar-refractivity contribution in [2.75, 3.05) is 46.4 Å². The van der Waals surface area contributed by atoms with Gasteiger partial charge >= 0.3 is 6.09 Å². The fourth-order valence-corrected chi connectivity index (χ4v) is 11.2. The number of benzene rings is 1. The van der Waals surface area contributed by atoms with Crippen LogP contribution in [0.1, 0.15) is 123 Å². The highest BCUT2D eigenvalue weighted by atomic mass is 32.2. The zero-order chi connectivity index (χ0) is 48.9. The monoisotopic (exact) mass is 961 g/mol. The van der Waals surface area contributed by atoms with Crippen molar-refractivity contribution in [1.82, 2.24) is 35.0 Å². The molecule has 3 saturated carbocycles. The number of piperazine rings is 1. The molecule has 7 atom stereocenters. The van der Waals surface area contributed by atoms with E-state index in [1.165, 1.54) is 11.0 Å². The van der Waals surface area contributed by atoms with Crippen LogP contribution in [0.25, 0.3) is 10.9 Å². The number of pyridine rings is 1. The summed E-state index contributed by atoms with van der Waals surface area (Å²) in [5.41, 5.74) is 0.122. The van der Waals surface area contributed by atoms with Crippen molar-refractivity contribution < 1.29 is 46.6 Å². The van der Waals surface area contributed by atoms with E-state index in [2.05, 4.69) is 52.8 Å². The predicted molar refractivity (Wildman–Crippen MR) is 255 cm³/mol. The van der Waals surface area contributed by atoms with Gasteiger partial charge in [-0.05, 0) is 93.2 Å². The number of carbonyl (C=O) groups is 5. The minimum Gasteiger partial charge on any atom is -0.492 e. The Morgan fingerprint density at radius 3 is 2.53 bits per heavy atom. The Kier molecular flexibility index (Phi) is 13.9. The lowest BCUT2D eigenvalue weighted by Gasteiger charge is -2.35. The number of nitrogens with zero attached hydrogens (tertiary/aromatic N) is 4. The van der Waals surface area contributed by atoms with Gasteiger partial charge in [-0.15, -0.1) is 6.58 Å². The average molecular weight is 962 g/mol. The molecule has 2 aromatic rings. The highest BCUT2D eigenvalue weighted by molar-refractivity contribution is 7.91. The highest BCUT2D eigenvalue weighted by Gasteiger charge is 2.63. The van der Waals surface area contributed by atoms with Crippen LogP contribution in [0, 0.1) is 17.3 Å². The maximum Gasteiger partial charge on any atom is 0.408 e. The van der Waals surface area contributed by atoms with Gasteiger partial charge in [0.05, 0.1) is 35.5 Å². The van der Waals surface area contributed by atoms with Crippen LogP contribution >= 0.6 is 0 Å². The number of likely N-dealkylation sites (N-methyl/N-ethyl adjacent to an activating group) is 1. The molecule has 18 heteroatoms. The van der Waals surface area contributed by atoms with Crippen molar-refractivity contribution in [2.24, 2.45) is 17.3 Å². The Morgan fingerprint density at radius 2 is 1.85 bits per heavy atom. The van der Waals surface area contributed by atoms with Crippen molar-refractivity contribution >= 4 is 50.6 Å². The molecule has 17 nitrogen and oxygen atoms in total. The third-order valence-electron chi connectivity index (χ3n) is 15.1. The molecular formula is C50H71N7O10S. The van der Waals surface area contributed by atoms with Crippen molar-refractivity contribution in [2.45, 2.75) is 153 Å². The molecule has 4 heterocycles. The van der Waals surface area contributed by atoms with Crippen LogP contribution in [0.5, 0.6) is 11.6 Å². The lowest BCUT2D eigenvalue weighted by molar-refractivity contribution is -0.142. The van der Waals surface area contributed by atoms with Gasteiger partial charge in [-0.1, -0.05) is 59.6 Å². The zero-order valence-electron chi connectivity index (χ0n) is 40.9. The molecule has 0 spiro atoms. The van der Waals surface area contributed by atoms with Crippen molar-refractivity contribution in [3.8, 4) is 11.6 Å². The number of ether oxygens (including phenoxy) is 3. The molecule has 372 valence electrons. The van der Waals surface area contributed by atoms with E-state index < -0.39 is 73.6 Å². The molecule has 3 N–H and O–H groups in total. The third kappa shape index (κ3) is 10.5. The number of rotatable bonds is 12. The summed E-state index contributed by atoms with van der Waals surface area (Å²) >= 11 is 0. The molecular weight excluding hydrogens is 891 g/mol. The van der Waals surface area contributed by atoms with E-state index in [0.29, 0.717) is 69.1 Å². The molecule has 1 aromatic heterocycles. The second-order valence-corrected chi connectivity index (χ2v) is 24.0. The predicted octanol–water partition coefficient (Wildman–Crippen LogP) is 4.95. The summed E-state index contributed by atoms with van der Waals surface area (Å²) in [4.78, 5) is 80.1. The number of aromatic nitrogens is 1. The largest absolute Gasteiger partial charge is 0.492 e. The van der Waals surface area contributed by atoms with Gasteiger partial charge in [0.1, 0.15) is 35.6 Å². The molecule has 0 radical (unpaired) electrons. The zero-order valence-corrected chi connectivity index (χ0v) is 41.7. The van der Waals surface area contributed by atoms with Crippen molar-refractivity contribution in [1.29, 1.82) is 0 Å². The highest BCUT2D eigenvalue weighted by Crippen LogP contribution is 2.48. The summed E-state index contributed by atoms with van der Waals surface area (Å²) in [5, 5.41) is 6.56. The van der Waals surface area contributed by atoms with E-state index in [1.54, 1.807) is 11.8 Å². The van der Waals surface area contributed by atoms with Gasteiger partial charge in [-0.25, -0.2) is 18.2 Å². The summed E-state index contributed by atoms with van der Waals surface area (Å²) in [7, 11) is -2.21. The summed E-state index contributed by atoms with van der Waals surface area (Å²) in [5.74, 6) is -1.06. The fraction of sp³-hybridized carbons (Fsp3) is 0.680. The van der Waals surface area contributed by atoms with Crippen LogP contribution in [0.3, 0.4) is 0 Å². The van der Waals surface area contributed by atoms with Crippen molar-refractivity contribution in [3.63, 3.8) is 0 Å². The Labute approximate surface area is 400 Å². The average Bonchev–Trinajstić information content (AvgIpc) is 4.24. The van der Waals surface area contributed by atoms with E-state index in [1.807, 2.05) is 33.9 Å². The summed E-state index contributed by atoms with van der Waals surface area (Å²) in [6, 6.07) is 3.89. The number of hydrogen-bond acceptors (Lipinski definition) is 12. The number of fused-ring (bicyclic) bond motifs is 5. The third-order valence-corrected chi connectivity index (χ3v) is 17.2. The van der Waals surface area contributed by atoms with Crippen molar-refractivity contribution in [3.05, 3.63) is 42.0 Å². The SMILES string of the molecule is C=C[C@@H]1C[C@]1(NC(=O)[C@@H]1C[C@@H]2CN1C(=O)[C@H](C(C)(C)C)NC(=O)O[C@@H]1C[C@H]1CCCCCc1c(nc3cc(C(C)C)ccc3c1OCCCN1CCN(C)C(=O)C1)O2)C(=O)NS(=O)(=O)C1(C)CC1. The number of alkyl carbamates (subject to hydrolysis) is 1. The summed E-state index contributed by atoms with van der Waals surface area (Å²) < 4.78 is 47.2. The summed E-state index contributed by atoms with van der Waals surface area (Å²) in [6.45, 7) is 18.0. The van der Waals surface area contributed by atoms with E-state index in [-0.39, 0.29) is 43.2 Å². The first-order chi connectivity index (χ1) is 32.1. The molecule has 2 bridgehead atoms. The second-order valence-electron chi connectivity index (χ2n) is 21.8. The van der Waals surface area contributed by atoms with Gasteiger partial charge < -0.3 is 34.6 Å². The second kappa shape index (κ2) is 19.1. The standard InChI is InChI=1S/C50H71N7O10S/c1-9-33-27-50(33,46(61)54-68(63,64)49(7)18-19-49)53-43(59)38-26-34-28-57(38)45(60)42(48(4,5)6)52-47(62)67-39-25-32(39)14-11-10-12-15-36-41(65-23-13-20-56-22-21-55(8)40(58)29-56)35-17-16-31(30(2)3)24-37(35)51-44(36)66-34/h9,16-17,24,30,32-34,38-39,42H,1,10-15,18-23,25-29H2,2-8H3,(H,52,62)(H,53,59)(H,54,61)/t32-,33-,34-,38+,39-,42-,50-/m1/s1. The molecule has 3 aliphatic heterocycles. The molecule has 3 aliphatic carbocycles.